The Morgan fingerprint density at radius 2 is 2.37 bits per heavy atom. The number of anilines is 1. The first-order chi connectivity index (χ1) is 9.19. The van der Waals surface area contributed by atoms with Crippen molar-refractivity contribution in [3.63, 3.8) is 0 Å². The van der Waals surface area contributed by atoms with Crippen molar-refractivity contribution in [1.29, 1.82) is 0 Å². The molecule has 0 atom stereocenters. The summed E-state index contributed by atoms with van der Waals surface area (Å²) in [7, 11) is 1.60. The van der Waals surface area contributed by atoms with E-state index in [4.69, 9.17) is 5.73 Å². The molecule has 0 bridgehead atoms. The Morgan fingerprint density at radius 3 is 2.95 bits per heavy atom. The predicted octanol–water partition coefficient (Wildman–Crippen LogP) is -0.832. The Hall–Kier alpha value is -2.79. The van der Waals surface area contributed by atoms with Gasteiger partial charge in [-0.2, -0.15) is 4.80 Å². The maximum atomic E-state index is 11.8. The number of pyridine rings is 1. The van der Waals surface area contributed by atoms with Crippen LogP contribution in [-0.4, -0.2) is 37.6 Å². The van der Waals surface area contributed by atoms with Crippen LogP contribution in [0.1, 0.15) is 16.1 Å². The van der Waals surface area contributed by atoms with Gasteiger partial charge in [-0.1, -0.05) is 16.9 Å². The van der Waals surface area contributed by atoms with E-state index in [1.165, 1.54) is 11.0 Å². The normalized spacial score (nSPS) is 9.58. The topological polar surface area (TPSA) is 112 Å². The van der Waals surface area contributed by atoms with Crippen LogP contribution in [0.5, 0.6) is 0 Å². The zero-order valence-corrected chi connectivity index (χ0v) is 10.2. The highest BCUT2D eigenvalue weighted by atomic mass is 16.2. The molecular formula is C11H11N7O. The van der Waals surface area contributed by atoms with Gasteiger partial charge < -0.3 is 5.73 Å². The molecule has 0 aliphatic heterocycles. The molecule has 0 aliphatic carbocycles. The fourth-order valence-electron chi connectivity index (χ4n) is 1.25. The minimum absolute atomic E-state index is 0.126. The summed E-state index contributed by atoms with van der Waals surface area (Å²) in [6.07, 6.45) is 1.50. The first-order valence-corrected chi connectivity index (χ1v) is 5.39. The molecule has 1 amide bonds. The fourth-order valence-corrected chi connectivity index (χ4v) is 1.25. The van der Waals surface area contributed by atoms with Crippen LogP contribution in [-0.2, 0) is 7.05 Å². The molecule has 0 aliphatic rings. The number of rotatable bonds is 2. The van der Waals surface area contributed by atoms with Crippen molar-refractivity contribution in [1.82, 2.24) is 25.2 Å². The molecule has 0 fully saturated rings. The van der Waals surface area contributed by atoms with E-state index in [0.717, 1.165) is 0 Å². The summed E-state index contributed by atoms with van der Waals surface area (Å²) in [6, 6.07) is 3.25. The number of aryl methyl sites for hydroxylation is 1. The molecule has 96 valence electrons. The zero-order valence-electron chi connectivity index (χ0n) is 10.2. The molecule has 0 saturated carbocycles. The van der Waals surface area contributed by atoms with E-state index in [9.17, 15) is 4.79 Å². The fraction of sp³-hybridized carbons (Fsp3) is 0.182. The lowest BCUT2D eigenvalue weighted by atomic mass is 10.2. The largest absolute Gasteiger partial charge is 0.320 e. The molecule has 2 heterocycles. The number of nitrogens with zero attached hydrogens (tertiary/aromatic N) is 5. The van der Waals surface area contributed by atoms with E-state index in [1.54, 1.807) is 19.2 Å². The molecule has 8 heteroatoms. The van der Waals surface area contributed by atoms with Crippen molar-refractivity contribution in [2.24, 2.45) is 12.8 Å². The number of amides is 1. The molecule has 0 aromatic carbocycles. The first kappa shape index (κ1) is 12.7. The Morgan fingerprint density at radius 1 is 1.53 bits per heavy atom. The van der Waals surface area contributed by atoms with E-state index < -0.39 is 5.91 Å². The van der Waals surface area contributed by atoms with Crippen molar-refractivity contribution in [3.8, 4) is 11.8 Å². The van der Waals surface area contributed by atoms with Gasteiger partial charge in [0.05, 0.1) is 13.6 Å². The molecule has 0 radical (unpaired) electrons. The third kappa shape index (κ3) is 3.34. The average molecular weight is 257 g/mol. The second kappa shape index (κ2) is 5.70. The van der Waals surface area contributed by atoms with Gasteiger partial charge in [0.15, 0.2) is 0 Å². The number of tetrazole rings is 1. The molecule has 2 aromatic rings. The molecule has 8 nitrogen and oxygen atoms in total. The van der Waals surface area contributed by atoms with Crippen LogP contribution in [0.4, 0.5) is 5.95 Å². The summed E-state index contributed by atoms with van der Waals surface area (Å²) in [6.45, 7) is 0.278. The van der Waals surface area contributed by atoms with Gasteiger partial charge in [0, 0.05) is 11.8 Å². The first-order valence-electron chi connectivity index (χ1n) is 5.39. The molecule has 2 aromatic heterocycles. The highest BCUT2D eigenvalue weighted by molar-refractivity contribution is 6.01. The summed E-state index contributed by atoms with van der Waals surface area (Å²) >= 11 is 0. The maximum Gasteiger partial charge on any atom is 0.276 e. The Balaban J connectivity index is 2.07. The van der Waals surface area contributed by atoms with Crippen LogP contribution in [0.3, 0.4) is 0 Å². The lowest BCUT2D eigenvalue weighted by molar-refractivity contribution is 0.102. The molecular weight excluding hydrogens is 246 g/mol. The van der Waals surface area contributed by atoms with Crippen molar-refractivity contribution in [2.45, 2.75) is 0 Å². The minimum atomic E-state index is -0.411. The second-order valence-electron chi connectivity index (χ2n) is 3.49. The minimum Gasteiger partial charge on any atom is -0.320 e. The second-order valence-corrected chi connectivity index (χ2v) is 3.49. The van der Waals surface area contributed by atoms with Crippen LogP contribution in [0.25, 0.3) is 0 Å². The number of carbonyl (C=O) groups excluding carboxylic acids is 1. The smallest absolute Gasteiger partial charge is 0.276 e. The third-order valence-electron chi connectivity index (χ3n) is 2.06. The van der Waals surface area contributed by atoms with Crippen LogP contribution in [0, 0.1) is 11.8 Å². The molecule has 0 saturated heterocycles. The number of hydrogen-bond acceptors (Lipinski definition) is 6. The average Bonchev–Trinajstić information content (AvgIpc) is 2.82. The highest BCUT2D eigenvalue weighted by Gasteiger charge is 2.10. The van der Waals surface area contributed by atoms with E-state index >= 15 is 0 Å². The Bertz CT molecular complexity index is 635. The van der Waals surface area contributed by atoms with Gasteiger partial charge in [-0.05, 0) is 17.3 Å². The van der Waals surface area contributed by atoms with Gasteiger partial charge in [0.2, 0.25) is 0 Å². The summed E-state index contributed by atoms with van der Waals surface area (Å²) in [5.74, 6) is 5.23. The van der Waals surface area contributed by atoms with Crippen LogP contribution in [0.15, 0.2) is 18.3 Å². The summed E-state index contributed by atoms with van der Waals surface area (Å²) in [5.41, 5.74) is 6.20. The van der Waals surface area contributed by atoms with Crippen molar-refractivity contribution < 1.29 is 4.79 Å². The van der Waals surface area contributed by atoms with E-state index in [2.05, 4.69) is 37.6 Å². The van der Waals surface area contributed by atoms with Crippen LogP contribution < -0.4 is 11.1 Å². The molecule has 0 spiro atoms. The van der Waals surface area contributed by atoms with Gasteiger partial charge in [-0.25, -0.2) is 4.98 Å². The summed E-state index contributed by atoms with van der Waals surface area (Å²) in [5, 5.41) is 13.6. The van der Waals surface area contributed by atoms with E-state index in [1.807, 2.05) is 0 Å². The van der Waals surface area contributed by atoms with Gasteiger partial charge in [0.1, 0.15) is 5.69 Å². The van der Waals surface area contributed by atoms with Crippen molar-refractivity contribution in [2.75, 3.05) is 11.9 Å². The molecule has 0 unspecified atom stereocenters. The van der Waals surface area contributed by atoms with E-state index in [0.29, 0.717) is 5.56 Å². The number of aromatic nitrogens is 5. The molecule has 19 heavy (non-hydrogen) atoms. The van der Waals surface area contributed by atoms with Gasteiger partial charge in [0.25, 0.3) is 11.9 Å². The number of hydrogen-bond donors (Lipinski definition) is 2. The SMILES string of the molecule is Cn1nnc(NC(=O)c2ccc(C#CCN)cn2)n1. The van der Waals surface area contributed by atoms with Crippen LogP contribution in [0.2, 0.25) is 0 Å². The number of nitrogens with one attached hydrogen (secondary N) is 1. The molecule has 3 N–H and O–H groups in total. The highest BCUT2D eigenvalue weighted by Crippen LogP contribution is 2.02. The van der Waals surface area contributed by atoms with Gasteiger partial charge in [-0.3, -0.25) is 10.1 Å². The van der Waals surface area contributed by atoms with Crippen LogP contribution >= 0.6 is 0 Å². The third-order valence-corrected chi connectivity index (χ3v) is 2.06. The lowest BCUT2D eigenvalue weighted by Gasteiger charge is -1.99. The van der Waals surface area contributed by atoms with E-state index in [-0.39, 0.29) is 18.2 Å². The van der Waals surface area contributed by atoms with Gasteiger partial charge >= 0.3 is 0 Å². The summed E-state index contributed by atoms with van der Waals surface area (Å²) in [4.78, 5) is 17.0. The Kier molecular flexibility index (Phi) is 3.80. The van der Waals surface area contributed by atoms with Gasteiger partial charge in [-0.15, -0.1) is 5.10 Å². The standard InChI is InChI=1S/C11H11N7O/c1-18-16-11(15-17-18)14-10(19)9-5-4-8(7-13-9)3-2-6-12/h4-5,7H,6,12H2,1H3,(H,14,16,19). The van der Waals surface area contributed by atoms with Crippen molar-refractivity contribution in [3.05, 3.63) is 29.6 Å². The zero-order chi connectivity index (χ0) is 13.7. The van der Waals surface area contributed by atoms with Crippen molar-refractivity contribution >= 4 is 11.9 Å². The quantitative estimate of drug-likeness (QED) is 0.679. The number of carbonyl (C=O) groups is 1. The monoisotopic (exact) mass is 257 g/mol. The lowest BCUT2D eigenvalue weighted by Crippen LogP contribution is -2.14. The predicted molar refractivity (Wildman–Crippen MR) is 66.9 cm³/mol. The number of nitrogens with two attached hydrogens (primary N) is 1. The Labute approximate surface area is 109 Å². The maximum absolute atomic E-state index is 11.8. The summed E-state index contributed by atoms with van der Waals surface area (Å²) < 4.78 is 0. The molecule has 2 rings (SSSR count).